The Morgan fingerprint density at radius 1 is 0.962 bits per heavy atom. The van der Waals surface area contributed by atoms with Gasteiger partial charge in [-0.25, -0.2) is 4.79 Å². The Bertz CT molecular complexity index is 788. The first kappa shape index (κ1) is 19.0. The van der Waals surface area contributed by atoms with Crippen molar-refractivity contribution in [2.24, 2.45) is 0 Å². The molecule has 0 aliphatic carbocycles. The maximum absolute atomic E-state index is 12.5. The molecule has 7 heteroatoms. The minimum absolute atomic E-state index is 0.129. The van der Waals surface area contributed by atoms with Crippen LogP contribution in [0.1, 0.15) is 21.5 Å². The molecular weight excluding hydrogens is 332 g/mol. The van der Waals surface area contributed by atoms with Crippen molar-refractivity contribution in [2.75, 3.05) is 18.9 Å². The molecule has 0 saturated carbocycles. The molecule has 0 fully saturated rings. The Morgan fingerprint density at radius 3 is 2.35 bits per heavy atom. The number of benzene rings is 2. The third-order valence-corrected chi connectivity index (χ3v) is 3.66. The lowest BCUT2D eigenvalue weighted by molar-refractivity contribution is -0.118. The fraction of sp³-hybridized carbons (Fsp3) is 0.211. The highest BCUT2D eigenvalue weighted by atomic mass is 16.2. The first-order valence-electron chi connectivity index (χ1n) is 8.18. The lowest BCUT2D eigenvalue weighted by Crippen LogP contribution is -2.40. The van der Waals surface area contributed by atoms with E-state index in [1.807, 2.05) is 31.2 Å². The number of carbonyl (C=O) groups excluding carboxylic acids is 3. The van der Waals surface area contributed by atoms with Crippen LogP contribution in [0.4, 0.5) is 10.5 Å². The number of nitrogens with one attached hydrogen (secondary N) is 4. The van der Waals surface area contributed by atoms with Gasteiger partial charge in [-0.05, 0) is 24.6 Å². The third kappa shape index (κ3) is 5.62. The van der Waals surface area contributed by atoms with Crippen molar-refractivity contribution < 1.29 is 14.4 Å². The quantitative estimate of drug-likeness (QED) is 0.635. The van der Waals surface area contributed by atoms with Gasteiger partial charge in [0.2, 0.25) is 5.91 Å². The zero-order valence-corrected chi connectivity index (χ0v) is 14.8. The molecule has 4 N–H and O–H groups in total. The molecule has 0 unspecified atom stereocenters. The molecule has 0 aromatic heterocycles. The summed E-state index contributed by atoms with van der Waals surface area (Å²) in [6.07, 6.45) is 0. The van der Waals surface area contributed by atoms with Crippen molar-refractivity contribution in [1.29, 1.82) is 0 Å². The highest BCUT2D eigenvalue weighted by molar-refractivity contribution is 6.01. The second-order valence-electron chi connectivity index (χ2n) is 5.69. The molecule has 136 valence electrons. The number of aryl methyl sites for hydroxylation is 1. The molecule has 2 rings (SSSR count). The molecule has 0 saturated heterocycles. The van der Waals surface area contributed by atoms with Gasteiger partial charge in [0.1, 0.15) is 0 Å². The summed E-state index contributed by atoms with van der Waals surface area (Å²) in [4.78, 5) is 35.2. The third-order valence-electron chi connectivity index (χ3n) is 3.66. The largest absolute Gasteiger partial charge is 0.375 e. The molecule has 0 aliphatic rings. The van der Waals surface area contributed by atoms with Gasteiger partial charge in [0.05, 0.1) is 12.1 Å². The number of anilines is 1. The molecule has 0 heterocycles. The summed E-state index contributed by atoms with van der Waals surface area (Å²) in [5.41, 5.74) is 3.09. The average Bonchev–Trinajstić information content (AvgIpc) is 2.65. The lowest BCUT2D eigenvalue weighted by Gasteiger charge is -2.12. The first-order valence-corrected chi connectivity index (χ1v) is 8.18. The Balaban J connectivity index is 1.96. The Kier molecular flexibility index (Phi) is 6.73. The van der Waals surface area contributed by atoms with Crippen molar-refractivity contribution in [2.45, 2.75) is 13.5 Å². The molecule has 0 spiro atoms. The molecule has 0 radical (unpaired) electrons. The number of imide groups is 1. The summed E-state index contributed by atoms with van der Waals surface area (Å²) in [6, 6.07) is 14.2. The van der Waals surface area contributed by atoms with Crippen molar-refractivity contribution in [3.8, 4) is 0 Å². The maximum atomic E-state index is 12.5. The summed E-state index contributed by atoms with van der Waals surface area (Å²) in [7, 11) is 1.42. The Morgan fingerprint density at radius 2 is 1.65 bits per heavy atom. The molecule has 0 aliphatic heterocycles. The predicted octanol–water partition coefficient (Wildman–Crippen LogP) is 1.79. The van der Waals surface area contributed by atoms with Crippen LogP contribution < -0.4 is 21.3 Å². The highest BCUT2D eigenvalue weighted by Crippen LogP contribution is 2.15. The van der Waals surface area contributed by atoms with Crippen molar-refractivity contribution in [1.82, 2.24) is 16.0 Å². The Labute approximate surface area is 152 Å². The first-order chi connectivity index (χ1) is 12.5. The number of hydrogen-bond acceptors (Lipinski definition) is 4. The summed E-state index contributed by atoms with van der Waals surface area (Å²) in [5.74, 6) is -0.750. The SMILES string of the molecule is CNC(=O)NC(=O)CNc1ccccc1C(=O)NCc1ccc(C)cc1. The van der Waals surface area contributed by atoms with Crippen molar-refractivity contribution in [3.05, 3.63) is 65.2 Å². The average molecular weight is 354 g/mol. The number of urea groups is 1. The summed E-state index contributed by atoms with van der Waals surface area (Å²) >= 11 is 0. The van der Waals surface area contributed by atoms with E-state index in [0.29, 0.717) is 17.8 Å². The van der Waals surface area contributed by atoms with Crippen LogP contribution in [0.5, 0.6) is 0 Å². The fourth-order valence-electron chi connectivity index (χ4n) is 2.23. The highest BCUT2D eigenvalue weighted by Gasteiger charge is 2.12. The van der Waals surface area contributed by atoms with Crippen LogP contribution in [-0.2, 0) is 11.3 Å². The summed E-state index contributed by atoms with van der Waals surface area (Å²) < 4.78 is 0. The molecule has 0 atom stereocenters. The summed E-state index contributed by atoms with van der Waals surface area (Å²) in [6.45, 7) is 2.28. The van der Waals surface area contributed by atoms with Gasteiger partial charge in [0, 0.05) is 19.3 Å². The van der Waals surface area contributed by atoms with Gasteiger partial charge >= 0.3 is 6.03 Å². The van der Waals surface area contributed by atoms with E-state index < -0.39 is 11.9 Å². The van der Waals surface area contributed by atoms with Gasteiger partial charge in [-0.2, -0.15) is 0 Å². The van der Waals surface area contributed by atoms with E-state index in [-0.39, 0.29) is 12.5 Å². The van der Waals surface area contributed by atoms with E-state index in [0.717, 1.165) is 11.1 Å². The minimum atomic E-state index is -0.582. The van der Waals surface area contributed by atoms with Crippen LogP contribution in [0, 0.1) is 6.92 Å². The van der Waals surface area contributed by atoms with E-state index in [1.165, 1.54) is 7.05 Å². The van der Waals surface area contributed by atoms with E-state index in [1.54, 1.807) is 24.3 Å². The molecule has 4 amide bonds. The molecular formula is C19H22N4O3. The number of para-hydroxylation sites is 1. The van der Waals surface area contributed by atoms with Gasteiger partial charge in [-0.1, -0.05) is 42.0 Å². The second-order valence-corrected chi connectivity index (χ2v) is 5.69. The van der Waals surface area contributed by atoms with E-state index in [2.05, 4.69) is 21.3 Å². The van der Waals surface area contributed by atoms with Crippen LogP contribution in [-0.4, -0.2) is 31.4 Å². The van der Waals surface area contributed by atoms with Gasteiger partial charge in [0.25, 0.3) is 5.91 Å². The minimum Gasteiger partial charge on any atom is -0.375 e. The van der Waals surface area contributed by atoms with Crippen molar-refractivity contribution in [3.63, 3.8) is 0 Å². The fourth-order valence-corrected chi connectivity index (χ4v) is 2.23. The predicted molar refractivity (Wildman–Crippen MR) is 99.9 cm³/mol. The molecule has 2 aromatic carbocycles. The van der Waals surface area contributed by atoms with E-state index in [9.17, 15) is 14.4 Å². The summed E-state index contributed by atoms with van der Waals surface area (Å²) in [5, 5.41) is 10.2. The van der Waals surface area contributed by atoms with Crippen LogP contribution in [0.2, 0.25) is 0 Å². The standard InChI is InChI=1S/C19H22N4O3/c1-13-7-9-14(10-8-13)11-22-18(25)15-5-3-4-6-16(15)21-12-17(24)23-19(26)20-2/h3-10,21H,11-12H2,1-2H3,(H,22,25)(H2,20,23,24,26). The van der Waals surface area contributed by atoms with Crippen molar-refractivity contribution >= 4 is 23.5 Å². The normalized spacial score (nSPS) is 9.92. The maximum Gasteiger partial charge on any atom is 0.321 e. The topological polar surface area (TPSA) is 99.3 Å². The molecule has 7 nitrogen and oxygen atoms in total. The van der Waals surface area contributed by atoms with Crippen LogP contribution in [0.25, 0.3) is 0 Å². The van der Waals surface area contributed by atoms with Crippen LogP contribution in [0.15, 0.2) is 48.5 Å². The number of hydrogen-bond donors (Lipinski definition) is 4. The zero-order chi connectivity index (χ0) is 18.9. The van der Waals surface area contributed by atoms with Crippen LogP contribution in [0.3, 0.4) is 0 Å². The van der Waals surface area contributed by atoms with Crippen LogP contribution >= 0.6 is 0 Å². The van der Waals surface area contributed by atoms with Gasteiger partial charge in [-0.3, -0.25) is 14.9 Å². The number of amides is 4. The zero-order valence-electron chi connectivity index (χ0n) is 14.8. The molecule has 0 bridgehead atoms. The number of carbonyl (C=O) groups is 3. The Hall–Kier alpha value is -3.35. The molecule has 2 aromatic rings. The number of rotatable bonds is 6. The van der Waals surface area contributed by atoms with E-state index >= 15 is 0 Å². The smallest absolute Gasteiger partial charge is 0.321 e. The monoisotopic (exact) mass is 354 g/mol. The lowest BCUT2D eigenvalue weighted by atomic mass is 10.1. The van der Waals surface area contributed by atoms with Gasteiger partial charge < -0.3 is 16.0 Å². The van der Waals surface area contributed by atoms with Gasteiger partial charge in [-0.15, -0.1) is 0 Å². The molecule has 26 heavy (non-hydrogen) atoms. The van der Waals surface area contributed by atoms with E-state index in [4.69, 9.17) is 0 Å². The second kappa shape index (κ2) is 9.22. The van der Waals surface area contributed by atoms with Gasteiger partial charge in [0.15, 0.2) is 0 Å².